The third kappa shape index (κ3) is 5.60. The standard InChI is InChI=1S/C9H19NO3/c1-6(2)4-9(13)10-8(5-11)7(3)12/h6-8,11-12H,4-5H2,1-3H3,(H,10,13)/t7-,8+/m1/s1. The van der Waals surface area contributed by atoms with Crippen molar-refractivity contribution in [2.75, 3.05) is 6.61 Å². The second-order valence-electron chi connectivity index (χ2n) is 3.70. The van der Waals surface area contributed by atoms with E-state index in [1.165, 1.54) is 6.92 Å². The monoisotopic (exact) mass is 189 g/mol. The van der Waals surface area contributed by atoms with E-state index < -0.39 is 12.1 Å². The van der Waals surface area contributed by atoms with Gasteiger partial charge >= 0.3 is 0 Å². The van der Waals surface area contributed by atoms with E-state index in [1.54, 1.807) is 0 Å². The summed E-state index contributed by atoms with van der Waals surface area (Å²) >= 11 is 0. The topological polar surface area (TPSA) is 69.6 Å². The molecule has 0 aliphatic rings. The van der Waals surface area contributed by atoms with Gasteiger partial charge in [0.2, 0.25) is 5.91 Å². The average molecular weight is 189 g/mol. The third-order valence-electron chi connectivity index (χ3n) is 1.72. The molecule has 0 spiro atoms. The van der Waals surface area contributed by atoms with Crippen LogP contribution >= 0.6 is 0 Å². The third-order valence-corrected chi connectivity index (χ3v) is 1.72. The predicted octanol–water partition coefficient (Wildman–Crippen LogP) is -0.110. The lowest BCUT2D eigenvalue weighted by Crippen LogP contribution is -2.44. The summed E-state index contributed by atoms with van der Waals surface area (Å²) in [7, 11) is 0. The number of rotatable bonds is 5. The minimum atomic E-state index is -0.721. The van der Waals surface area contributed by atoms with Crippen LogP contribution in [0.5, 0.6) is 0 Å². The van der Waals surface area contributed by atoms with Gasteiger partial charge in [-0.25, -0.2) is 0 Å². The summed E-state index contributed by atoms with van der Waals surface area (Å²) in [5.41, 5.74) is 0. The minimum Gasteiger partial charge on any atom is -0.394 e. The SMILES string of the molecule is CC(C)CC(=O)N[C@@H](CO)[C@@H](C)O. The molecule has 0 rings (SSSR count). The van der Waals surface area contributed by atoms with Crippen molar-refractivity contribution in [3.05, 3.63) is 0 Å². The molecule has 0 aliphatic carbocycles. The first-order valence-electron chi connectivity index (χ1n) is 4.55. The van der Waals surface area contributed by atoms with E-state index in [4.69, 9.17) is 10.2 Å². The zero-order chi connectivity index (χ0) is 10.4. The van der Waals surface area contributed by atoms with Gasteiger partial charge in [-0.1, -0.05) is 13.8 Å². The fraction of sp³-hybridized carbons (Fsp3) is 0.889. The van der Waals surface area contributed by atoms with Crippen LogP contribution in [0.2, 0.25) is 0 Å². The largest absolute Gasteiger partial charge is 0.394 e. The lowest BCUT2D eigenvalue weighted by Gasteiger charge is -2.19. The number of aliphatic hydroxyl groups excluding tert-OH is 2. The highest BCUT2D eigenvalue weighted by Crippen LogP contribution is 2.00. The van der Waals surface area contributed by atoms with Gasteiger partial charge in [-0.2, -0.15) is 0 Å². The molecule has 78 valence electrons. The molecular weight excluding hydrogens is 170 g/mol. The maximum absolute atomic E-state index is 11.2. The van der Waals surface area contributed by atoms with Gasteiger partial charge in [-0.05, 0) is 12.8 Å². The van der Waals surface area contributed by atoms with Gasteiger partial charge in [0.1, 0.15) is 0 Å². The highest BCUT2D eigenvalue weighted by Gasteiger charge is 2.16. The molecule has 3 N–H and O–H groups in total. The van der Waals surface area contributed by atoms with Crippen LogP contribution in [0.4, 0.5) is 0 Å². The molecule has 0 heterocycles. The van der Waals surface area contributed by atoms with Gasteiger partial charge in [0.15, 0.2) is 0 Å². The Morgan fingerprint density at radius 1 is 1.38 bits per heavy atom. The molecule has 2 atom stereocenters. The quantitative estimate of drug-likeness (QED) is 0.565. The Morgan fingerprint density at radius 2 is 1.92 bits per heavy atom. The molecule has 0 radical (unpaired) electrons. The molecule has 13 heavy (non-hydrogen) atoms. The van der Waals surface area contributed by atoms with Crippen LogP contribution in [0.25, 0.3) is 0 Å². The Morgan fingerprint density at radius 3 is 2.23 bits per heavy atom. The van der Waals surface area contributed by atoms with Crippen LogP contribution in [-0.4, -0.2) is 34.9 Å². The van der Waals surface area contributed by atoms with E-state index in [0.29, 0.717) is 6.42 Å². The zero-order valence-corrected chi connectivity index (χ0v) is 8.45. The number of amides is 1. The Kier molecular flexibility index (Phi) is 5.66. The summed E-state index contributed by atoms with van der Waals surface area (Å²) in [5.74, 6) is 0.156. The molecule has 0 bridgehead atoms. The molecule has 0 aromatic heterocycles. The average Bonchev–Trinajstić information content (AvgIpc) is 1.98. The van der Waals surface area contributed by atoms with Crippen LogP contribution in [0.1, 0.15) is 27.2 Å². The summed E-state index contributed by atoms with van der Waals surface area (Å²) in [4.78, 5) is 11.2. The molecule has 1 amide bonds. The molecule has 0 aliphatic heterocycles. The van der Waals surface area contributed by atoms with E-state index in [0.717, 1.165) is 0 Å². The fourth-order valence-electron chi connectivity index (χ4n) is 0.955. The Labute approximate surface area is 79.0 Å². The van der Waals surface area contributed by atoms with Crippen LogP contribution in [-0.2, 0) is 4.79 Å². The normalized spacial score (nSPS) is 15.5. The van der Waals surface area contributed by atoms with Gasteiger partial charge in [-0.3, -0.25) is 4.79 Å². The number of nitrogens with one attached hydrogen (secondary N) is 1. The van der Waals surface area contributed by atoms with Crippen molar-refractivity contribution in [3.63, 3.8) is 0 Å². The molecule has 0 aromatic carbocycles. The Bertz CT molecular complexity index is 157. The molecular formula is C9H19NO3. The second kappa shape index (κ2) is 5.94. The fourth-order valence-corrected chi connectivity index (χ4v) is 0.955. The van der Waals surface area contributed by atoms with Crippen LogP contribution < -0.4 is 5.32 Å². The van der Waals surface area contributed by atoms with E-state index in [2.05, 4.69) is 5.32 Å². The molecule has 0 aromatic rings. The van der Waals surface area contributed by atoms with Crippen molar-refractivity contribution < 1.29 is 15.0 Å². The van der Waals surface area contributed by atoms with Crippen LogP contribution in [0.3, 0.4) is 0 Å². The van der Waals surface area contributed by atoms with E-state index in [9.17, 15) is 4.79 Å². The lowest BCUT2D eigenvalue weighted by molar-refractivity contribution is -0.123. The van der Waals surface area contributed by atoms with Crippen molar-refractivity contribution in [1.29, 1.82) is 0 Å². The first kappa shape index (κ1) is 12.4. The van der Waals surface area contributed by atoms with Gasteiger partial charge in [0, 0.05) is 6.42 Å². The summed E-state index contributed by atoms with van der Waals surface area (Å²) < 4.78 is 0. The summed E-state index contributed by atoms with van der Waals surface area (Å²) in [6.07, 6.45) is -0.301. The first-order valence-corrected chi connectivity index (χ1v) is 4.55. The number of carbonyl (C=O) groups is 1. The molecule has 0 saturated heterocycles. The predicted molar refractivity (Wildman–Crippen MR) is 50.2 cm³/mol. The van der Waals surface area contributed by atoms with Crippen molar-refractivity contribution >= 4 is 5.91 Å². The highest BCUT2D eigenvalue weighted by molar-refractivity contribution is 5.76. The summed E-state index contributed by atoms with van der Waals surface area (Å²) in [6, 6.07) is -0.550. The molecule has 4 heteroatoms. The zero-order valence-electron chi connectivity index (χ0n) is 8.45. The van der Waals surface area contributed by atoms with Crippen LogP contribution in [0, 0.1) is 5.92 Å². The first-order chi connectivity index (χ1) is 5.97. The number of hydrogen-bond acceptors (Lipinski definition) is 3. The minimum absolute atomic E-state index is 0.130. The van der Waals surface area contributed by atoms with Crippen LogP contribution in [0.15, 0.2) is 0 Å². The molecule has 0 saturated carbocycles. The van der Waals surface area contributed by atoms with Gasteiger partial charge in [0.25, 0.3) is 0 Å². The smallest absolute Gasteiger partial charge is 0.220 e. The van der Waals surface area contributed by atoms with Crippen molar-refractivity contribution in [2.45, 2.75) is 39.3 Å². The van der Waals surface area contributed by atoms with Crippen molar-refractivity contribution in [3.8, 4) is 0 Å². The van der Waals surface area contributed by atoms with E-state index in [1.807, 2.05) is 13.8 Å². The molecule has 0 fully saturated rings. The lowest BCUT2D eigenvalue weighted by atomic mass is 10.1. The molecule has 0 unspecified atom stereocenters. The van der Waals surface area contributed by atoms with E-state index in [-0.39, 0.29) is 18.4 Å². The second-order valence-corrected chi connectivity index (χ2v) is 3.70. The van der Waals surface area contributed by atoms with E-state index >= 15 is 0 Å². The Balaban J connectivity index is 3.87. The van der Waals surface area contributed by atoms with Gasteiger partial charge in [0.05, 0.1) is 18.8 Å². The number of aliphatic hydroxyl groups is 2. The maximum Gasteiger partial charge on any atom is 0.220 e. The van der Waals surface area contributed by atoms with Gasteiger partial charge in [-0.15, -0.1) is 0 Å². The number of carbonyl (C=O) groups excluding carboxylic acids is 1. The van der Waals surface area contributed by atoms with Crippen molar-refractivity contribution in [2.24, 2.45) is 5.92 Å². The van der Waals surface area contributed by atoms with Gasteiger partial charge < -0.3 is 15.5 Å². The maximum atomic E-state index is 11.2. The Hall–Kier alpha value is -0.610. The summed E-state index contributed by atoms with van der Waals surface area (Å²) in [6.45, 7) is 5.18. The molecule has 4 nitrogen and oxygen atoms in total. The van der Waals surface area contributed by atoms with Crippen molar-refractivity contribution in [1.82, 2.24) is 5.32 Å². The highest BCUT2D eigenvalue weighted by atomic mass is 16.3. The number of hydrogen-bond donors (Lipinski definition) is 3. The summed E-state index contributed by atoms with van der Waals surface area (Å²) in [5, 5.41) is 20.5.